The number of halogens is 3. The van der Waals surface area contributed by atoms with Crippen molar-refractivity contribution in [2.45, 2.75) is 12.6 Å². The second kappa shape index (κ2) is 5.56. The first-order chi connectivity index (χ1) is 8.97. The van der Waals surface area contributed by atoms with Gasteiger partial charge in [0.25, 0.3) is 5.91 Å². The Morgan fingerprint density at radius 2 is 2.26 bits per heavy atom. The summed E-state index contributed by atoms with van der Waals surface area (Å²) in [6.07, 6.45) is -2.68. The van der Waals surface area contributed by atoms with Crippen LogP contribution in [0, 0.1) is 5.92 Å². The smallest absolute Gasteiger partial charge is 0.381 e. The molecule has 1 fully saturated rings. The van der Waals surface area contributed by atoms with Gasteiger partial charge in [-0.2, -0.15) is 13.2 Å². The highest BCUT2D eigenvalue weighted by molar-refractivity contribution is 5.93. The first-order valence-corrected chi connectivity index (χ1v) is 5.86. The van der Waals surface area contributed by atoms with Crippen molar-refractivity contribution in [2.75, 3.05) is 19.8 Å². The lowest BCUT2D eigenvalue weighted by molar-refractivity contribution is -0.141. The Bertz CT molecular complexity index is 439. The van der Waals surface area contributed by atoms with Gasteiger partial charge < -0.3 is 10.1 Å². The van der Waals surface area contributed by atoms with Crippen LogP contribution in [0.25, 0.3) is 0 Å². The number of hydrogen-bond donors (Lipinski definition) is 1. The molecule has 1 N–H and O–H groups in total. The third kappa shape index (κ3) is 3.66. The van der Waals surface area contributed by atoms with Gasteiger partial charge in [0, 0.05) is 25.3 Å². The highest BCUT2D eigenvalue weighted by atomic mass is 19.4. The molecule has 7 heteroatoms. The predicted molar refractivity (Wildman–Crippen MR) is 60.5 cm³/mol. The first-order valence-electron chi connectivity index (χ1n) is 5.86. The fraction of sp³-hybridized carbons (Fsp3) is 0.500. The maximum absolute atomic E-state index is 12.3. The number of alkyl halides is 3. The van der Waals surface area contributed by atoms with Crippen LogP contribution in [0.4, 0.5) is 13.2 Å². The second-order valence-corrected chi connectivity index (χ2v) is 4.37. The van der Waals surface area contributed by atoms with Gasteiger partial charge in [-0.25, -0.2) is 0 Å². The lowest BCUT2D eigenvalue weighted by atomic mass is 10.1. The number of pyridine rings is 1. The molecule has 1 amide bonds. The zero-order valence-corrected chi connectivity index (χ0v) is 10.0. The lowest BCUT2D eigenvalue weighted by Crippen LogP contribution is -2.29. The molecule has 1 atom stereocenters. The Morgan fingerprint density at radius 1 is 1.47 bits per heavy atom. The number of nitrogens with one attached hydrogen (secondary N) is 1. The van der Waals surface area contributed by atoms with Crippen LogP contribution < -0.4 is 5.32 Å². The number of amides is 1. The summed E-state index contributed by atoms with van der Waals surface area (Å²) in [5.41, 5.74) is -0.889. The number of hydrogen-bond acceptors (Lipinski definition) is 3. The Hall–Kier alpha value is -1.63. The van der Waals surface area contributed by atoms with Gasteiger partial charge in [-0.3, -0.25) is 9.78 Å². The Morgan fingerprint density at radius 3 is 2.79 bits per heavy atom. The van der Waals surface area contributed by atoms with E-state index in [1.165, 1.54) is 0 Å². The maximum atomic E-state index is 12.3. The Kier molecular flexibility index (Phi) is 4.04. The molecule has 2 heterocycles. The molecule has 1 saturated heterocycles. The third-order valence-corrected chi connectivity index (χ3v) is 2.89. The van der Waals surface area contributed by atoms with Crippen LogP contribution in [0.3, 0.4) is 0 Å². The number of carbonyl (C=O) groups excluding carboxylic acids is 1. The van der Waals surface area contributed by atoms with Crippen LogP contribution in [-0.2, 0) is 10.9 Å². The molecule has 0 unspecified atom stereocenters. The largest absolute Gasteiger partial charge is 0.433 e. The summed E-state index contributed by atoms with van der Waals surface area (Å²) in [6, 6.07) is 1.92. The van der Waals surface area contributed by atoms with Crippen molar-refractivity contribution in [2.24, 2.45) is 5.92 Å². The summed E-state index contributed by atoms with van der Waals surface area (Å²) in [5, 5.41) is 2.66. The van der Waals surface area contributed by atoms with Gasteiger partial charge in [0.2, 0.25) is 0 Å². The molecule has 19 heavy (non-hydrogen) atoms. The van der Waals surface area contributed by atoms with E-state index in [4.69, 9.17) is 4.74 Å². The maximum Gasteiger partial charge on any atom is 0.433 e. The molecule has 1 aliphatic rings. The second-order valence-electron chi connectivity index (χ2n) is 4.37. The van der Waals surface area contributed by atoms with Crippen molar-refractivity contribution >= 4 is 5.91 Å². The monoisotopic (exact) mass is 274 g/mol. The molecule has 1 aliphatic heterocycles. The van der Waals surface area contributed by atoms with Crippen molar-refractivity contribution in [3.8, 4) is 0 Å². The van der Waals surface area contributed by atoms with Crippen LogP contribution in [0.2, 0.25) is 0 Å². The number of carbonyl (C=O) groups is 1. The molecule has 2 rings (SSSR count). The molecule has 1 aromatic rings. The zero-order valence-electron chi connectivity index (χ0n) is 10.0. The van der Waals surface area contributed by atoms with Gasteiger partial charge in [-0.05, 0) is 18.6 Å². The first kappa shape index (κ1) is 13.8. The number of nitrogens with zero attached hydrogens (tertiary/aromatic N) is 1. The van der Waals surface area contributed by atoms with Crippen LogP contribution in [0.15, 0.2) is 18.3 Å². The van der Waals surface area contributed by atoms with Crippen molar-refractivity contribution in [3.05, 3.63) is 29.6 Å². The van der Waals surface area contributed by atoms with Crippen molar-refractivity contribution < 1.29 is 22.7 Å². The summed E-state index contributed by atoms with van der Waals surface area (Å²) in [6.45, 7) is 1.74. The fourth-order valence-electron chi connectivity index (χ4n) is 1.78. The average Bonchev–Trinajstić information content (AvgIpc) is 2.88. The number of aromatic nitrogens is 1. The minimum Gasteiger partial charge on any atom is -0.381 e. The van der Waals surface area contributed by atoms with Crippen LogP contribution in [0.5, 0.6) is 0 Å². The summed E-state index contributed by atoms with van der Waals surface area (Å²) in [7, 11) is 0. The molecule has 0 radical (unpaired) electrons. The predicted octanol–water partition coefficient (Wildman–Crippen LogP) is 1.87. The van der Waals surface area contributed by atoms with E-state index < -0.39 is 17.8 Å². The van der Waals surface area contributed by atoms with E-state index in [9.17, 15) is 18.0 Å². The van der Waals surface area contributed by atoms with Gasteiger partial charge in [-0.1, -0.05) is 0 Å². The van der Waals surface area contributed by atoms with Gasteiger partial charge >= 0.3 is 6.18 Å². The van der Waals surface area contributed by atoms with Crippen molar-refractivity contribution in [3.63, 3.8) is 0 Å². The minimum absolute atomic E-state index is 0.118. The SMILES string of the molecule is O=C(NC[C@H]1CCOC1)c1ccc(C(F)(F)F)nc1. The highest BCUT2D eigenvalue weighted by Crippen LogP contribution is 2.27. The van der Waals surface area contributed by atoms with Crippen molar-refractivity contribution in [1.82, 2.24) is 10.3 Å². The van der Waals surface area contributed by atoms with E-state index >= 15 is 0 Å². The van der Waals surface area contributed by atoms with E-state index in [2.05, 4.69) is 10.3 Å². The molecular formula is C12H13F3N2O2. The summed E-state index contributed by atoms with van der Waals surface area (Å²) in [5.74, 6) is -0.153. The Labute approximate surface area is 108 Å². The van der Waals surface area contributed by atoms with E-state index in [1.54, 1.807) is 0 Å². The minimum atomic E-state index is -4.49. The standard InChI is InChI=1S/C12H13F3N2O2/c13-12(14,15)10-2-1-9(6-16-10)11(18)17-5-8-3-4-19-7-8/h1-2,6,8H,3-5,7H2,(H,17,18)/t8-/m1/s1. The molecule has 0 saturated carbocycles. The number of rotatable bonds is 3. The van der Waals surface area contributed by atoms with E-state index in [0.29, 0.717) is 19.8 Å². The lowest BCUT2D eigenvalue weighted by Gasteiger charge is -2.10. The summed E-state index contributed by atoms with van der Waals surface area (Å²) < 4.78 is 42.0. The van der Waals surface area contributed by atoms with Crippen LogP contribution in [-0.4, -0.2) is 30.6 Å². The van der Waals surface area contributed by atoms with E-state index in [-0.39, 0.29) is 11.5 Å². The molecule has 0 aromatic carbocycles. The van der Waals surface area contributed by atoms with E-state index in [1.807, 2.05) is 0 Å². The Balaban J connectivity index is 1.92. The topological polar surface area (TPSA) is 51.2 Å². The summed E-state index contributed by atoms with van der Waals surface area (Å²) >= 11 is 0. The molecule has 0 spiro atoms. The molecule has 4 nitrogen and oxygen atoms in total. The highest BCUT2D eigenvalue weighted by Gasteiger charge is 2.32. The normalized spacial score (nSPS) is 19.4. The molecular weight excluding hydrogens is 261 g/mol. The van der Waals surface area contributed by atoms with Gasteiger partial charge in [0.15, 0.2) is 0 Å². The number of ether oxygens (including phenoxy) is 1. The van der Waals surface area contributed by atoms with E-state index in [0.717, 1.165) is 24.8 Å². The average molecular weight is 274 g/mol. The van der Waals surface area contributed by atoms with Gasteiger partial charge in [-0.15, -0.1) is 0 Å². The van der Waals surface area contributed by atoms with Crippen LogP contribution in [0.1, 0.15) is 22.5 Å². The van der Waals surface area contributed by atoms with Gasteiger partial charge in [0.05, 0.1) is 12.2 Å². The summed E-state index contributed by atoms with van der Waals surface area (Å²) in [4.78, 5) is 14.9. The fourth-order valence-corrected chi connectivity index (χ4v) is 1.78. The molecule has 1 aromatic heterocycles. The van der Waals surface area contributed by atoms with Crippen molar-refractivity contribution in [1.29, 1.82) is 0 Å². The molecule has 104 valence electrons. The zero-order chi connectivity index (χ0) is 13.9. The third-order valence-electron chi connectivity index (χ3n) is 2.89. The quantitative estimate of drug-likeness (QED) is 0.915. The van der Waals surface area contributed by atoms with Crippen LogP contribution >= 0.6 is 0 Å². The molecule has 0 bridgehead atoms. The molecule has 0 aliphatic carbocycles. The van der Waals surface area contributed by atoms with Gasteiger partial charge in [0.1, 0.15) is 5.69 Å².